The molecule has 6 nitrogen and oxygen atoms in total. The lowest BCUT2D eigenvalue weighted by Crippen LogP contribution is -2.39. The lowest BCUT2D eigenvalue weighted by atomic mass is 9.83. The molecule has 36 heavy (non-hydrogen) atoms. The fourth-order valence-electron chi connectivity index (χ4n) is 6.25. The van der Waals surface area contributed by atoms with Gasteiger partial charge in [0.2, 0.25) is 0 Å². The number of oxime groups is 1. The van der Waals surface area contributed by atoms with Crippen molar-refractivity contribution in [1.29, 1.82) is 0 Å². The Labute approximate surface area is 216 Å². The second-order valence-corrected chi connectivity index (χ2v) is 12.1. The number of hydrogen-bond acceptors (Lipinski definition) is 6. The van der Waals surface area contributed by atoms with Gasteiger partial charge in [-0.1, -0.05) is 17.3 Å². The fourth-order valence-corrected chi connectivity index (χ4v) is 6.25. The lowest BCUT2D eigenvalue weighted by Gasteiger charge is -2.34. The second kappa shape index (κ2) is 10.3. The third-order valence-corrected chi connectivity index (χ3v) is 8.87. The highest BCUT2D eigenvalue weighted by Gasteiger charge is 2.47. The van der Waals surface area contributed by atoms with Gasteiger partial charge in [0.15, 0.2) is 6.10 Å². The maximum Gasteiger partial charge on any atom is 0.165 e. The van der Waals surface area contributed by atoms with Crippen molar-refractivity contribution in [3.8, 4) is 0 Å². The van der Waals surface area contributed by atoms with Gasteiger partial charge in [0.05, 0.1) is 18.2 Å². The number of allylic oxidation sites excluding steroid dienone is 1. The Morgan fingerprint density at radius 1 is 1.11 bits per heavy atom. The van der Waals surface area contributed by atoms with E-state index in [0.717, 1.165) is 37.2 Å². The number of piperidine rings is 1. The van der Waals surface area contributed by atoms with Crippen molar-refractivity contribution in [2.75, 3.05) is 46.9 Å². The van der Waals surface area contributed by atoms with E-state index in [1.165, 1.54) is 81.6 Å². The smallest absolute Gasteiger partial charge is 0.165 e. The molecule has 1 saturated heterocycles. The number of likely N-dealkylation sites (tertiary alicyclic amines) is 1. The van der Waals surface area contributed by atoms with Crippen LogP contribution in [0.1, 0.15) is 57.1 Å². The summed E-state index contributed by atoms with van der Waals surface area (Å²) in [6.07, 6.45) is 16.5. The number of pyridine rings is 1. The Morgan fingerprint density at radius 2 is 1.94 bits per heavy atom. The molecule has 2 aliphatic heterocycles. The molecule has 6 rings (SSSR count). The summed E-state index contributed by atoms with van der Waals surface area (Å²) in [6.45, 7) is 5.30. The summed E-state index contributed by atoms with van der Waals surface area (Å²) in [7, 11) is 4.23. The normalized spacial score (nSPS) is 27.7. The molecule has 0 bridgehead atoms. The molecule has 3 aliphatic carbocycles. The SMILES string of the molecule is CN(C)CC1=C(OCC2CC2)C=CC2C(CCC3CCN(CC4(c5ccccn5)CC4)CC3)=NOC12. The van der Waals surface area contributed by atoms with Crippen LogP contribution in [0, 0.1) is 17.8 Å². The van der Waals surface area contributed by atoms with E-state index in [1.807, 2.05) is 12.3 Å². The van der Waals surface area contributed by atoms with E-state index in [1.54, 1.807) is 0 Å². The molecule has 3 fully saturated rings. The predicted molar refractivity (Wildman–Crippen MR) is 143 cm³/mol. The van der Waals surface area contributed by atoms with Gasteiger partial charge in [0, 0.05) is 36.0 Å². The van der Waals surface area contributed by atoms with Crippen molar-refractivity contribution in [3.63, 3.8) is 0 Å². The minimum Gasteiger partial charge on any atom is -0.493 e. The first-order chi connectivity index (χ1) is 17.6. The first-order valence-electron chi connectivity index (χ1n) is 14.1. The number of ether oxygens (including phenoxy) is 1. The molecule has 2 atom stereocenters. The number of aromatic nitrogens is 1. The van der Waals surface area contributed by atoms with Crippen LogP contribution >= 0.6 is 0 Å². The third kappa shape index (κ3) is 5.40. The molecule has 1 aromatic heterocycles. The molecule has 6 heteroatoms. The number of hydrogen-bond donors (Lipinski definition) is 0. The summed E-state index contributed by atoms with van der Waals surface area (Å²) in [5, 5.41) is 4.61. The summed E-state index contributed by atoms with van der Waals surface area (Å²) in [6, 6.07) is 6.38. The number of rotatable bonds is 11. The Morgan fingerprint density at radius 3 is 2.64 bits per heavy atom. The third-order valence-electron chi connectivity index (χ3n) is 8.87. The van der Waals surface area contributed by atoms with E-state index in [0.29, 0.717) is 5.41 Å². The van der Waals surface area contributed by atoms with E-state index < -0.39 is 0 Å². The molecule has 0 spiro atoms. The van der Waals surface area contributed by atoms with Gasteiger partial charge in [0.25, 0.3) is 0 Å². The quantitative estimate of drug-likeness (QED) is 0.446. The zero-order chi connectivity index (χ0) is 24.5. The molecule has 0 radical (unpaired) electrons. The van der Waals surface area contributed by atoms with E-state index in [4.69, 9.17) is 9.57 Å². The molecule has 2 unspecified atom stereocenters. The molecule has 194 valence electrons. The van der Waals surface area contributed by atoms with Gasteiger partial charge in [-0.05, 0) is 109 Å². The Kier molecular flexibility index (Phi) is 6.91. The molecular formula is C30H42N4O2. The number of likely N-dealkylation sites (N-methyl/N-ethyl adjacent to an activating group) is 1. The maximum atomic E-state index is 6.22. The van der Waals surface area contributed by atoms with Gasteiger partial charge in [-0.15, -0.1) is 0 Å². The summed E-state index contributed by atoms with van der Waals surface area (Å²) < 4.78 is 6.22. The molecule has 0 amide bonds. The van der Waals surface area contributed by atoms with Gasteiger partial charge in [-0.2, -0.15) is 0 Å². The standard InChI is InChI=1S/C30H42N4O2/c1-33(2)19-25-27(35-20-23-6-7-23)11-9-24-26(32-36-29(24)25)10-8-22-12-17-34(18-13-22)21-30(14-15-30)28-5-3-4-16-31-28/h3-5,9,11,16,22-24,29H,6-8,10,12-15,17-21H2,1-2H3. The van der Waals surface area contributed by atoms with Crippen LogP contribution in [-0.2, 0) is 15.0 Å². The van der Waals surface area contributed by atoms with E-state index in [9.17, 15) is 0 Å². The molecular weight excluding hydrogens is 448 g/mol. The maximum absolute atomic E-state index is 6.22. The topological polar surface area (TPSA) is 50.2 Å². The molecule has 1 aromatic rings. The summed E-state index contributed by atoms with van der Waals surface area (Å²) >= 11 is 0. The largest absolute Gasteiger partial charge is 0.493 e. The second-order valence-electron chi connectivity index (χ2n) is 12.1. The highest BCUT2D eigenvalue weighted by molar-refractivity contribution is 5.90. The first kappa shape index (κ1) is 24.2. The molecule has 0 N–H and O–H groups in total. The summed E-state index contributed by atoms with van der Waals surface area (Å²) in [5.74, 6) is 2.81. The minimum absolute atomic E-state index is 0.00442. The number of fused-ring (bicyclic) bond motifs is 1. The highest BCUT2D eigenvalue weighted by Crippen LogP contribution is 2.48. The highest BCUT2D eigenvalue weighted by atomic mass is 16.6. The van der Waals surface area contributed by atoms with Gasteiger partial charge < -0.3 is 19.4 Å². The molecule has 3 heterocycles. The average Bonchev–Trinajstić information content (AvgIpc) is 3.82. The van der Waals surface area contributed by atoms with Crippen LogP contribution < -0.4 is 0 Å². The molecule has 0 aromatic carbocycles. The van der Waals surface area contributed by atoms with Gasteiger partial charge in [0.1, 0.15) is 5.76 Å². The van der Waals surface area contributed by atoms with Crippen molar-refractivity contribution in [1.82, 2.24) is 14.8 Å². The lowest BCUT2D eigenvalue weighted by molar-refractivity contribution is 0.0826. The van der Waals surface area contributed by atoms with Crippen molar-refractivity contribution in [3.05, 3.63) is 53.6 Å². The van der Waals surface area contributed by atoms with Crippen LogP contribution in [0.3, 0.4) is 0 Å². The first-order valence-corrected chi connectivity index (χ1v) is 14.1. The monoisotopic (exact) mass is 490 g/mol. The van der Waals surface area contributed by atoms with Crippen molar-refractivity contribution < 1.29 is 9.57 Å². The van der Waals surface area contributed by atoms with Crippen LogP contribution in [0.25, 0.3) is 0 Å². The van der Waals surface area contributed by atoms with E-state index in [-0.39, 0.29) is 12.0 Å². The molecule has 5 aliphatic rings. The van der Waals surface area contributed by atoms with Gasteiger partial charge in [-0.25, -0.2) is 0 Å². The van der Waals surface area contributed by atoms with E-state index >= 15 is 0 Å². The summed E-state index contributed by atoms with van der Waals surface area (Å²) in [4.78, 5) is 15.6. The van der Waals surface area contributed by atoms with E-state index in [2.05, 4.69) is 58.3 Å². The Bertz CT molecular complexity index is 1000. The van der Waals surface area contributed by atoms with Crippen LogP contribution in [0.15, 0.2) is 53.0 Å². The van der Waals surface area contributed by atoms with Crippen molar-refractivity contribution in [2.45, 2.75) is 62.9 Å². The van der Waals surface area contributed by atoms with Gasteiger partial charge in [-0.3, -0.25) is 4.98 Å². The van der Waals surface area contributed by atoms with Gasteiger partial charge >= 0.3 is 0 Å². The summed E-state index contributed by atoms with van der Waals surface area (Å²) in [5.41, 5.74) is 4.10. The zero-order valence-electron chi connectivity index (χ0n) is 22.1. The Balaban J connectivity index is 0.989. The fraction of sp³-hybridized carbons (Fsp3) is 0.667. The van der Waals surface area contributed by atoms with Crippen molar-refractivity contribution in [2.24, 2.45) is 22.9 Å². The average molecular weight is 491 g/mol. The van der Waals surface area contributed by atoms with Crippen LogP contribution in [0.5, 0.6) is 0 Å². The zero-order valence-corrected chi connectivity index (χ0v) is 22.1. The van der Waals surface area contributed by atoms with Crippen LogP contribution in [0.2, 0.25) is 0 Å². The minimum atomic E-state index is 0.00442. The predicted octanol–water partition coefficient (Wildman–Crippen LogP) is 4.79. The van der Waals surface area contributed by atoms with Crippen molar-refractivity contribution >= 4 is 5.71 Å². The number of nitrogens with zero attached hydrogens (tertiary/aromatic N) is 4. The van der Waals surface area contributed by atoms with Crippen LogP contribution in [-0.4, -0.2) is 73.5 Å². The molecule has 2 saturated carbocycles. The Hall–Kier alpha value is -2.18. The van der Waals surface area contributed by atoms with Crippen LogP contribution in [0.4, 0.5) is 0 Å².